The molecule has 0 bridgehead atoms. The molecule has 0 aromatic carbocycles. The molecule has 0 radical (unpaired) electrons. The van der Waals surface area contributed by atoms with Gasteiger partial charge >= 0.3 is 0 Å². The van der Waals surface area contributed by atoms with Crippen molar-refractivity contribution in [1.29, 1.82) is 0 Å². The van der Waals surface area contributed by atoms with E-state index in [1.807, 2.05) is 14.1 Å². The highest BCUT2D eigenvalue weighted by atomic mass is 15.3. The summed E-state index contributed by atoms with van der Waals surface area (Å²) in [4.78, 5) is 8.86. The number of likely N-dealkylation sites (tertiary alicyclic amines) is 1. The fourth-order valence-electron chi connectivity index (χ4n) is 2.00. The standard InChI is InChI=1S/C10H22N4/c1-11-10(12-2)14(4)9-5-7-13(3)8-6-9/h9H,5-8H2,1-4H3,(H,11,12). The van der Waals surface area contributed by atoms with Gasteiger partial charge in [0.05, 0.1) is 0 Å². The average molecular weight is 198 g/mol. The fraction of sp³-hybridized carbons (Fsp3) is 0.900. The third-order valence-electron chi connectivity index (χ3n) is 3.01. The molecule has 0 amide bonds. The van der Waals surface area contributed by atoms with E-state index in [0.29, 0.717) is 6.04 Å². The minimum Gasteiger partial charge on any atom is -0.359 e. The van der Waals surface area contributed by atoms with E-state index in [2.05, 4.69) is 34.2 Å². The minimum atomic E-state index is 0.636. The van der Waals surface area contributed by atoms with Crippen LogP contribution in [-0.2, 0) is 0 Å². The molecule has 0 aromatic heterocycles. The summed E-state index contributed by atoms with van der Waals surface area (Å²) in [5.74, 6) is 0.986. The molecule has 0 unspecified atom stereocenters. The lowest BCUT2D eigenvalue weighted by atomic mass is 10.0. The van der Waals surface area contributed by atoms with Crippen molar-refractivity contribution in [2.45, 2.75) is 18.9 Å². The average Bonchev–Trinajstić information content (AvgIpc) is 2.20. The predicted molar refractivity (Wildman–Crippen MR) is 60.7 cm³/mol. The molecule has 1 rings (SSSR count). The molecule has 1 aliphatic heterocycles. The maximum absolute atomic E-state index is 4.22. The summed E-state index contributed by atoms with van der Waals surface area (Å²) < 4.78 is 0. The van der Waals surface area contributed by atoms with Gasteiger partial charge < -0.3 is 15.1 Å². The van der Waals surface area contributed by atoms with Gasteiger partial charge in [-0.3, -0.25) is 4.99 Å². The highest BCUT2D eigenvalue weighted by Crippen LogP contribution is 2.13. The maximum Gasteiger partial charge on any atom is 0.193 e. The number of nitrogens with one attached hydrogen (secondary N) is 1. The summed E-state index contributed by atoms with van der Waals surface area (Å²) in [6.07, 6.45) is 2.46. The van der Waals surface area contributed by atoms with Gasteiger partial charge in [0, 0.05) is 27.2 Å². The van der Waals surface area contributed by atoms with Gasteiger partial charge in [0.2, 0.25) is 0 Å². The van der Waals surface area contributed by atoms with Crippen molar-refractivity contribution in [2.24, 2.45) is 4.99 Å². The third kappa shape index (κ3) is 2.61. The van der Waals surface area contributed by atoms with Crippen molar-refractivity contribution in [3.63, 3.8) is 0 Å². The van der Waals surface area contributed by atoms with E-state index in [1.54, 1.807) is 0 Å². The van der Waals surface area contributed by atoms with Crippen LogP contribution in [0.1, 0.15) is 12.8 Å². The van der Waals surface area contributed by atoms with Gasteiger partial charge in [-0.05, 0) is 33.0 Å². The van der Waals surface area contributed by atoms with Crippen LogP contribution < -0.4 is 5.32 Å². The first-order chi connectivity index (χ1) is 6.69. The largest absolute Gasteiger partial charge is 0.359 e. The van der Waals surface area contributed by atoms with Gasteiger partial charge in [-0.25, -0.2) is 0 Å². The summed E-state index contributed by atoms with van der Waals surface area (Å²) in [7, 11) is 8.06. The molecular weight excluding hydrogens is 176 g/mol. The lowest BCUT2D eigenvalue weighted by molar-refractivity contribution is 0.190. The van der Waals surface area contributed by atoms with E-state index in [4.69, 9.17) is 0 Å². The molecule has 14 heavy (non-hydrogen) atoms. The normalized spacial score (nSPS) is 21.0. The second kappa shape index (κ2) is 5.20. The molecule has 0 saturated carbocycles. The van der Waals surface area contributed by atoms with E-state index in [1.165, 1.54) is 25.9 Å². The Morgan fingerprint density at radius 2 is 2.00 bits per heavy atom. The third-order valence-corrected chi connectivity index (χ3v) is 3.01. The number of guanidine groups is 1. The van der Waals surface area contributed by atoms with Crippen LogP contribution in [0.25, 0.3) is 0 Å². The first-order valence-corrected chi connectivity index (χ1v) is 5.25. The van der Waals surface area contributed by atoms with Crippen LogP contribution >= 0.6 is 0 Å². The Balaban J connectivity index is 2.48. The summed E-state index contributed by atoms with van der Waals surface area (Å²) in [5.41, 5.74) is 0. The van der Waals surface area contributed by atoms with Crippen LogP contribution in [0.5, 0.6) is 0 Å². The molecular formula is C10H22N4. The molecule has 1 saturated heterocycles. The number of nitrogens with zero attached hydrogens (tertiary/aromatic N) is 3. The number of aliphatic imine (C=N–C) groups is 1. The molecule has 1 fully saturated rings. The molecule has 1 aliphatic rings. The Hall–Kier alpha value is -0.770. The summed E-state index contributed by atoms with van der Waals surface area (Å²) in [6, 6.07) is 0.636. The molecule has 0 spiro atoms. The van der Waals surface area contributed by atoms with Crippen LogP contribution in [0.4, 0.5) is 0 Å². The number of hydrogen-bond acceptors (Lipinski definition) is 2. The second-order valence-electron chi connectivity index (χ2n) is 3.94. The minimum absolute atomic E-state index is 0.636. The molecule has 0 aromatic rings. The fourth-order valence-corrected chi connectivity index (χ4v) is 2.00. The van der Waals surface area contributed by atoms with E-state index in [0.717, 1.165) is 5.96 Å². The lowest BCUT2D eigenvalue weighted by Crippen LogP contribution is -2.48. The van der Waals surface area contributed by atoms with Crippen molar-refractivity contribution >= 4 is 5.96 Å². The Bertz CT molecular complexity index is 194. The Morgan fingerprint density at radius 3 is 2.43 bits per heavy atom. The zero-order valence-electron chi connectivity index (χ0n) is 9.75. The van der Waals surface area contributed by atoms with E-state index >= 15 is 0 Å². The molecule has 82 valence electrons. The van der Waals surface area contributed by atoms with E-state index in [9.17, 15) is 0 Å². The van der Waals surface area contributed by atoms with Crippen molar-refractivity contribution in [1.82, 2.24) is 15.1 Å². The van der Waals surface area contributed by atoms with Crippen LogP contribution in [0, 0.1) is 0 Å². The van der Waals surface area contributed by atoms with Crippen molar-refractivity contribution < 1.29 is 0 Å². The topological polar surface area (TPSA) is 30.9 Å². The van der Waals surface area contributed by atoms with Crippen molar-refractivity contribution in [2.75, 3.05) is 41.3 Å². The number of hydrogen-bond donors (Lipinski definition) is 1. The molecule has 1 heterocycles. The Kier molecular flexibility index (Phi) is 4.20. The molecule has 0 atom stereocenters. The summed E-state index contributed by atoms with van der Waals surface area (Å²) in [5, 5.41) is 3.12. The SMILES string of the molecule is CN=C(NC)N(C)C1CCN(C)CC1. The number of rotatable bonds is 1. The van der Waals surface area contributed by atoms with Crippen LogP contribution in [0.15, 0.2) is 4.99 Å². The van der Waals surface area contributed by atoms with Gasteiger partial charge in [-0.2, -0.15) is 0 Å². The second-order valence-corrected chi connectivity index (χ2v) is 3.94. The van der Waals surface area contributed by atoms with Crippen molar-refractivity contribution in [3.05, 3.63) is 0 Å². The summed E-state index contributed by atoms with van der Waals surface area (Å²) in [6.45, 7) is 2.38. The van der Waals surface area contributed by atoms with Gasteiger partial charge in [0.15, 0.2) is 5.96 Å². The maximum atomic E-state index is 4.22. The van der Waals surface area contributed by atoms with Crippen molar-refractivity contribution in [3.8, 4) is 0 Å². The predicted octanol–water partition coefficient (Wildman–Crippen LogP) is 0.218. The van der Waals surface area contributed by atoms with E-state index < -0.39 is 0 Å². The van der Waals surface area contributed by atoms with Gasteiger partial charge in [0.25, 0.3) is 0 Å². The van der Waals surface area contributed by atoms with Crippen LogP contribution in [0.3, 0.4) is 0 Å². The lowest BCUT2D eigenvalue weighted by Gasteiger charge is -2.36. The Labute approximate surface area is 87.0 Å². The van der Waals surface area contributed by atoms with E-state index in [-0.39, 0.29) is 0 Å². The Morgan fingerprint density at radius 1 is 1.43 bits per heavy atom. The zero-order valence-corrected chi connectivity index (χ0v) is 9.75. The number of piperidine rings is 1. The molecule has 4 nitrogen and oxygen atoms in total. The first kappa shape index (κ1) is 11.3. The van der Waals surface area contributed by atoms with Gasteiger partial charge in [-0.1, -0.05) is 0 Å². The highest BCUT2D eigenvalue weighted by molar-refractivity contribution is 5.79. The van der Waals surface area contributed by atoms with Crippen LogP contribution in [-0.4, -0.2) is 63.1 Å². The highest BCUT2D eigenvalue weighted by Gasteiger charge is 2.21. The summed E-state index contributed by atoms with van der Waals surface area (Å²) >= 11 is 0. The van der Waals surface area contributed by atoms with Crippen LogP contribution in [0.2, 0.25) is 0 Å². The molecule has 0 aliphatic carbocycles. The monoisotopic (exact) mass is 198 g/mol. The first-order valence-electron chi connectivity index (χ1n) is 5.25. The van der Waals surface area contributed by atoms with Gasteiger partial charge in [-0.15, -0.1) is 0 Å². The molecule has 1 N–H and O–H groups in total. The quantitative estimate of drug-likeness (QED) is 0.483. The molecule has 4 heteroatoms. The smallest absolute Gasteiger partial charge is 0.193 e. The van der Waals surface area contributed by atoms with Gasteiger partial charge in [0.1, 0.15) is 0 Å². The zero-order chi connectivity index (χ0) is 10.6.